The number of carbonyl (C=O) groups is 1. The lowest BCUT2D eigenvalue weighted by molar-refractivity contribution is -0.143. The molecule has 0 N–H and O–H groups in total. The van der Waals surface area contributed by atoms with E-state index in [0.29, 0.717) is 5.57 Å². The second-order valence-corrected chi connectivity index (χ2v) is 12.3. The van der Waals surface area contributed by atoms with Crippen molar-refractivity contribution >= 4 is 5.97 Å². The van der Waals surface area contributed by atoms with Gasteiger partial charge in [0.2, 0.25) is 0 Å². The Balaban J connectivity index is 3.11. The summed E-state index contributed by atoms with van der Waals surface area (Å²) < 4.78 is 5.33. The SMILES string of the molecule is C=C(C)C(=O)OC(C)CCCCCCCCCCCCCCCCCCCCCCCCCCCCCC. The van der Waals surface area contributed by atoms with Gasteiger partial charge in [-0.05, 0) is 26.7 Å². The second kappa shape index (κ2) is 30.7. The zero-order valence-corrected chi connectivity index (χ0v) is 26.6. The fourth-order valence-electron chi connectivity index (χ4n) is 5.44. The van der Waals surface area contributed by atoms with Gasteiger partial charge >= 0.3 is 5.97 Å². The molecule has 0 aromatic rings. The number of carbonyl (C=O) groups excluding carboxylic acids is 1. The van der Waals surface area contributed by atoms with E-state index in [4.69, 9.17) is 4.74 Å². The highest BCUT2D eigenvalue weighted by molar-refractivity contribution is 5.87. The molecule has 0 spiro atoms. The van der Waals surface area contributed by atoms with Gasteiger partial charge in [-0.3, -0.25) is 0 Å². The van der Waals surface area contributed by atoms with E-state index in [-0.39, 0.29) is 12.1 Å². The van der Waals surface area contributed by atoms with Crippen molar-refractivity contribution in [2.75, 3.05) is 0 Å². The third kappa shape index (κ3) is 29.8. The predicted molar refractivity (Wildman–Crippen MR) is 170 cm³/mol. The van der Waals surface area contributed by atoms with Gasteiger partial charge in [0.05, 0.1) is 6.10 Å². The molecule has 0 aliphatic heterocycles. The van der Waals surface area contributed by atoms with Crippen LogP contribution < -0.4 is 0 Å². The van der Waals surface area contributed by atoms with Crippen molar-refractivity contribution in [3.05, 3.63) is 12.2 Å². The molecule has 38 heavy (non-hydrogen) atoms. The summed E-state index contributed by atoms with van der Waals surface area (Å²) >= 11 is 0. The highest BCUT2D eigenvalue weighted by Gasteiger charge is 2.09. The van der Waals surface area contributed by atoms with Crippen molar-refractivity contribution in [3.63, 3.8) is 0 Å². The zero-order valence-electron chi connectivity index (χ0n) is 26.6. The van der Waals surface area contributed by atoms with Crippen LogP contribution in [0.4, 0.5) is 0 Å². The van der Waals surface area contributed by atoms with Crippen molar-refractivity contribution in [1.82, 2.24) is 0 Å². The second-order valence-electron chi connectivity index (χ2n) is 12.3. The molecule has 0 amide bonds. The predicted octanol–water partition coefficient (Wildman–Crippen LogP) is 12.8. The lowest BCUT2D eigenvalue weighted by Crippen LogP contribution is -2.15. The fourth-order valence-corrected chi connectivity index (χ4v) is 5.44. The van der Waals surface area contributed by atoms with Gasteiger partial charge in [0.1, 0.15) is 0 Å². The first kappa shape index (κ1) is 37.2. The molecule has 0 rings (SSSR count). The van der Waals surface area contributed by atoms with E-state index in [2.05, 4.69) is 13.5 Å². The molecule has 0 saturated heterocycles. The maximum absolute atomic E-state index is 11.5. The average molecular weight is 535 g/mol. The summed E-state index contributed by atoms with van der Waals surface area (Å²) in [6.45, 7) is 9.63. The van der Waals surface area contributed by atoms with Crippen molar-refractivity contribution in [1.29, 1.82) is 0 Å². The quantitative estimate of drug-likeness (QED) is 0.0502. The molecule has 0 aromatic heterocycles. The minimum atomic E-state index is -0.252. The number of hydrogen-bond donors (Lipinski definition) is 0. The molecule has 0 heterocycles. The van der Waals surface area contributed by atoms with Crippen LogP contribution in [0.3, 0.4) is 0 Å². The van der Waals surface area contributed by atoms with E-state index in [0.717, 1.165) is 12.8 Å². The molecule has 0 fully saturated rings. The van der Waals surface area contributed by atoms with Crippen LogP contribution in [-0.2, 0) is 9.53 Å². The first-order chi connectivity index (χ1) is 18.6. The van der Waals surface area contributed by atoms with Crippen LogP contribution in [0.5, 0.6) is 0 Å². The summed E-state index contributed by atoms with van der Waals surface area (Å²) in [5.41, 5.74) is 0.493. The summed E-state index contributed by atoms with van der Waals surface area (Å²) in [7, 11) is 0. The van der Waals surface area contributed by atoms with Gasteiger partial charge in [0, 0.05) is 5.57 Å². The molecule has 1 atom stereocenters. The molecular formula is C36H70O2. The van der Waals surface area contributed by atoms with Crippen molar-refractivity contribution in [3.8, 4) is 0 Å². The van der Waals surface area contributed by atoms with Gasteiger partial charge in [-0.15, -0.1) is 0 Å². The molecule has 1 unspecified atom stereocenters. The molecule has 0 aliphatic rings. The monoisotopic (exact) mass is 535 g/mol. The van der Waals surface area contributed by atoms with E-state index in [1.807, 2.05) is 6.92 Å². The summed E-state index contributed by atoms with van der Waals surface area (Å²) in [4.78, 5) is 11.5. The minimum Gasteiger partial charge on any atom is -0.459 e. The maximum atomic E-state index is 11.5. The highest BCUT2D eigenvalue weighted by Crippen LogP contribution is 2.17. The fraction of sp³-hybridized carbons (Fsp3) is 0.917. The Morgan fingerprint density at radius 2 is 0.737 bits per heavy atom. The van der Waals surface area contributed by atoms with Crippen LogP contribution in [0.2, 0.25) is 0 Å². The van der Waals surface area contributed by atoms with Gasteiger partial charge in [0.15, 0.2) is 0 Å². The van der Waals surface area contributed by atoms with Crippen LogP contribution in [0, 0.1) is 0 Å². The van der Waals surface area contributed by atoms with E-state index in [1.165, 1.54) is 173 Å². The van der Waals surface area contributed by atoms with E-state index < -0.39 is 0 Å². The van der Waals surface area contributed by atoms with Gasteiger partial charge in [-0.2, -0.15) is 0 Å². The van der Waals surface area contributed by atoms with Gasteiger partial charge in [0.25, 0.3) is 0 Å². The smallest absolute Gasteiger partial charge is 0.333 e. The van der Waals surface area contributed by atoms with E-state index >= 15 is 0 Å². The third-order valence-corrected chi connectivity index (χ3v) is 8.12. The minimum absolute atomic E-state index is 0.0169. The van der Waals surface area contributed by atoms with Crippen molar-refractivity contribution < 1.29 is 9.53 Å². The number of esters is 1. The van der Waals surface area contributed by atoms with Crippen LogP contribution >= 0.6 is 0 Å². The average Bonchev–Trinajstić information content (AvgIpc) is 2.90. The Morgan fingerprint density at radius 1 is 0.500 bits per heavy atom. The number of ether oxygens (including phenoxy) is 1. The Morgan fingerprint density at radius 3 is 0.974 bits per heavy atom. The molecule has 0 saturated carbocycles. The van der Waals surface area contributed by atoms with Gasteiger partial charge in [-0.1, -0.05) is 187 Å². The Bertz CT molecular complexity index is 498. The number of rotatable bonds is 31. The zero-order chi connectivity index (χ0) is 27.9. The number of hydrogen-bond acceptors (Lipinski definition) is 2. The topological polar surface area (TPSA) is 26.3 Å². The van der Waals surface area contributed by atoms with E-state index in [9.17, 15) is 4.79 Å². The van der Waals surface area contributed by atoms with Crippen LogP contribution in [0.25, 0.3) is 0 Å². The summed E-state index contributed by atoms with van der Waals surface area (Å²) in [6.07, 6.45) is 41.0. The third-order valence-electron chi connectivity index (χ3n) is 8.12. The van der Waals surface area contributed by atoms with E-state index in [1.54, 1.807) is 6.92 Å². The lowest BCUT2D eigenvalue weighted by atomic mass is 10.0. The molecule has 226 valence electrons. The highest BCUT2D eigenvalue weighted by atomic mass is 16.5. The van der Waals surface area contributed by atoms with Crippen molar-refractivity contribution in [2.45, 2.75) is 213 Å². The first-order valence-corrected chi connectivity index (χ1v) is 17.4. The number of unbranched alkanes of at least 4 members (excludes halogenated alkanes) is 27. The molecule has 0 aromatic carbocycles. The molecule has 0 bridgehead atoms. The molecule has 0 aliphatic carbocycles. The standard InChI is InChI=1S/C36H70O2/c1-5-6-7-8-9-10-11-12-13-14-15-16-17-18-19-20-21-22-23-24-25-26-27-28-29-30-31-32-33-35(4)38-36(37)34(2)3/h35H,2,5-33H2,1,3-4H3. The molecule has 2 nitrogen and oxygen atoms in total. The Hall–Kier alpha value is -0.790. The van der Waals surface area contributed by atoms with Crippen LogP contribution in [-0.4, -0.2) is 12.1 Å². The first-order valence-electron chi connectivity index (χ1n) is 17.4. The van der Waals surface area contributed by atoms with Gasteiger partial charge < -0.3 is 4.74 Å². The molecular weight excluding hydrogens is 464 g/mol. The molecule has 0 radical (unpaired) electrons. The Kier molecular flexibility index (Phi) is 30.1. The molecule has 2 heteroatoms. The van der Waals surface area contributed by atoms with Crippen LogP contribution in [0.15, 0.2) is 12.2 Å². The normalized spacial score (nSPS) is 12.1. The largest absolute Gasteiger partial charge is 0.459 e. The maximum Gasteiger partial charge on any atom is 0.333 e. The lowest BCUT2D eigenvalue weighted by Gasteiger charge is -2.12. The van der Waals surface area contributed by atoms with Crippen molar-refractivity contribution in [2.24, 2.45) is 0 Å². The summed E-state index contributed by atoms with van der Waals surface area (Å²) in [6, 6.07) is 0. The Labute approximate surface area is 240 Å². The summed E-state index contributed by atoms with van der Waals surface area (Å²) in [5.74, 6) is -0.252. The van der Waals surface area contributed by atoms with Crippen LogP contribution in [0.1, 0.15) is 207 Å². The van der Waals surface area contributed by atoms with Gasteiger partial charge in [-0.25, -0.2) is 4.79 Å². The summed E-state index contributed by atoms with van der Waals surface area (Å²) in [5, 5.41) is 0.